The van der Waals surface area contributed by atoms with Crippen LogP contribution in [0.25, 0.3) is 0 Å². The molecule has 4 heteroatoms. The predicted molar refractivity (Wildman–Crippen MR) is 95.5 cm³/mol. The van der Waals surface area contributed by atoms with Crippen molar-refractivity contribution in [2.24, 2.45) is 0 Å². The maximum absolute atomic E-state index is 6.18. The van der Waals surface area contributed by atoms with E-state index in [0.29, 0.717) is 6.04 Å². The molecular weight excluding hydrogens is 346 g/mol. The van der Waals surface area contributed by atoms with Crippen LogP contribution in [0.4, 0.5) is 5.69 Å². The normalized spacial score (nSPS) is 25.0. The Labute approximate surface area is 140 Å². The van der Waals surface area contributed by atoms with Crippen molar-refractivity contribution in [1.29, 1.82) is 0 Å². The van der Waals surface area contributed by atoms with E-state index in [4.69, 9.17) is 4.74 Å². The van der Waals surface area contributed by atoms with Gasteiger partial charge in [-0.3, -0.25) is 0 Å². The molecule has 0 radical (unpaired) electrons. The van der Waals surface area contributed by atoms with Crippen LogP contribution in [0.15, 0.2) is 16.6 Å². The van der Waals surface area contributed by atoms with Crippen molar-refractivity contribution in [3.05, 3.63) is 27.7 Å². The summed E-state index contributed by atoms with van der Waals surface area (Å²) in [6, 6.07) is 5.04. The largest absolute Gasteiger partial charge is 0.382 e. The Morgan fingerprint density at radius 3 is 2.57 bits per heavy atom. The van der Waals surface area contributed by atoms with Gasteiger partial charge in [-0.05, 0) is 74.3 Å². The Morgan fingerprint density at radius 2 is 1.90 bits per heavy atom. The van der Waals surface area contributed by atoms with Crippen molar-refractivity contribution >= 4 is 33.4 Å². The summed E-state index contributed by atoms with van der Waals surface area (Å²) in [5, 5.41) is 3.75. The van der Waals surface area contributed by atoms with E-state index >= 15 is 0 Å². The maximum Gasteiger partial charge on any atom is 0.0717 e. The van der Waals surface area contributed by atoms with Crippen LogP contribution in [0.2, 0.25) is 0 Å². The van der Waals surface area contributed by atoms with Gasteiger partial charge in [-0.1, -0.05) is 15.9 Å². The molecule has 1 unspecified atom stereocenters. The first-order chi connectivity index (χ1) is 10.1. The van der Waals surface area contributed by atoms with Gasteiger partial charge < -0.3 is 10.1 Å². The Hall–Kier alpha value is -0.190. The van der Waals surface area contributed by atoms with Gasteiger partial charge >= 0.3 is 0 Å². The Bertz CT molecular complexity index is 485. The second kappa shape index (κ2) is 6.51. The van der Waals surface area contributed by atoms with Crippen molar-refractivity contribution in [3.8, 4) is 0 Å². The number of hydrogen-bond acceptors (Lipinski definition) is 3. The van der Waals surface area contributed by atoms with Crippen molar-refractivity contribution < 1.29 is 4.74 Å². The number of rotatable bonds is 2. The molecule has 0 aromatic heterocycles. The van der Waals surface area contributed by atoms with Crippen molar-refractivity contribution in [1.82, 2.24) is 0 Å². The number of hydrogen-bond donors (Lipinski definition) is 1. The SMILES string of the molecule is Cc1cc(NC2CCOC3(CCSCC3)C2)cc(C)c1Br. The highest BCUT2D eigenvalue weighted by molar-refractivity contribution is 9.10. The van der Waals surface area contributed by atoms with Gasteiger partial charge in [0.05, 0.1) is 5.60 Å². The van der Waals surface area contributed by atoms with E-state index in [1.807, 2.05) is 0 Å². The summed E-state index contributed by atoms with van der Waals surface area (Å²) in [4.78, 5) is 0. The van der Waals surface area contributed by atoms with Crippen LogP contribution in [0.3, 0.4) is 0 Å². The smallest absolute Gasteiger partial charge is 0.0717 e. The third-order valence-corrected chi connectivity index (χ3v) is 6.94. The molecule has 0 bridgehead atoms. The van der Waals surface area contributed by atoms with Gasteiger partial charge in [0.2, 0.25) is 0 Å². The van der Waals surface area contributed by atoms with Gasteiger partial charge in [0.15, 0.2) is 0 Å². The van der Waals surface area contributed by atoms with E-state index in [2.05, 4.69) is 59.0 Å². The van der Waals surface area contributed by atoms with Crippen LogP contribution in [-0.2, 0) is 4.74 Å². The van der Waals surface area contributed by atoms with E-state index < -0.39 is 0 Å². The Balaban J connectivity index is 1.70. The fourth-order valence-corrected chi connectivity index (χ4v) is 4.97. The van der Waals surface area contributed by atoms with Gasteiger partial charge in [-0.2, -0.15) is 11.8 Å². The molecule has 2 heterocycles. The molecule has 3 rings (SSSR count). The molecule has 1 aromatic rings. The molecule has 21 heavy (non-hydrogen) atoms. The first-order valence-corrected chi connectivity index (χ1v) is 9.78. The minimum Gasteiger partial charge on any atom is -0.382 e. The van der Waals surface area contributed by atoms with Gasteiger partial charge in [0, 0.05) is 22.8 Å². The zero-order chi connectivity index (χ0) is 14.9. The topological polar surface area (TPSA) is 21.3 Å². The number of thioether (sulfide) groups is 1. The van der Waals surface area contributed by atoms with Crippen LogP contribution >= 0.6 is 27.7 Å². The van der Waals surface area contributed by atoms with Gasteiger partial charge in [-0.25, -0.2) is 0 Å². The monoisotopic (exact) mass is 369 g/mol. The highest BCUT2D eigenvalue weighted by Crippen LogP contribution is 2.38. The molecule has 2 aliphatic rings. The second-order valence-corrected chi connectivity index (χ2v) is 8.42. The number of aryl methyl sites for hydroxylation is 2. The molecule has 2 fully saturated rings. The van der Waals surface area contributed by atoms with Crippen LogP contribution in [0.1, 0.15) is 36.8 Å². The first kappa shape index (κ1) is 15.7. The van der Waals surface area contributed by atoms with Crippen LogP contribution in [0.5, 0.6) is 0 Å². The molecule has 0 aliphatic carbocycles. The molecular formula is C17H24BrNOS. The lowest BCUT2D eigenvalue weighted by Gasteiger charge is -2.43. The minimum atomic E-state index is 0.153. The number of halogens is 1. The summed E-state index contributed by atoms with van der Waals surface area (Å²) in [5.41, 5.74) is 4.00. The highest BCUT2D eigenvalue weighted by Gasteiger charge is 2.38. The average molecular weight is 370 g/mol. The fraction of sp³-hybridized carbons (Fsp3) is 0.647. The molecule has 0 saturated carbocycles. The van der Waals surface area contributed by atoms with Crippen molar-refractivity contribution in [2.45, 2.75) is 51.2 Å². The van der Waals surface area contributed by atoms with E-state index in [-0.39, 0.29) is 5.60 Å². The summed E-state index contributed by atoms with van der Waals surface area (Å²) in [6.45, 7) is 5.22. The zero-order valence-corrected chi connectivity index (χ0v) is 15.3. The van der Waals surface area contributed by atoms with Crippen LogP contribution in [-0.4, -0.2) is 29.8 Å². The summed E-state index contributed by atoms with van der Waals surface area (Å²) in [7, 11) is 0. The quantitative estimate of drug-likeness (QED) is 0.798. The summed E-state index contributed by atoms with van der Waals surface area (Å²) in [5.74, 6) is 2.51. The number of benzene rings is 1. The average Bonchev–Trinajstić information content (AvgIpc) is 2.45. The van der Waals surface area contributed by atoms with Crippen molar-refractivity contribution in [2.75, 3.05) is 23.4 Å². The lowest BCUT2D eigenvalue weighted by Crippen LogP contribution is -2.46. The maximum atomic E-state index is 6.18. The van der Waals surface area contributed by atoms with Gasteiger partial charge in [0.1, 0.15) is 0 Å². The number of ether oxygens (including phenoxy) is 1. The molecule has 1 N–H and O–H groups in total. The molecule has 2 aliphatic heterocycles. The molecule has 2 saturated heterocycles. The third-order valence-electron chi connectivity index (χ3n) is 4.70. The van der Waals surface area contributed by atoms with Gasteiger partial charge in [-0.15, -0.1) is 0 Å². The van der Waals surface area contributed by atoms with Crippen molar-refractivity contribution in [3.63, 3.8) is 0 Å². The first-order valence-electron chi connectivity index (χ1n) is 7.83. The predicted octanol–water partition coefficient (Wildman–Crippen LogP) is 4.92. The lowest BCUT2D eigenvalue weighted by atomic mass is 9.85. The molecule has 116 valence electrons. The third kappa shape index (κ3) is 3.59. The summed E-state index contributed by atoms with van der Waals surface area (Å²) in [6.07, 6.45) is 4.70. The Kier molecular flexibility index (Phi) is 4.87. The standard InChI is InChI=1S/C17H24BrNOS/c1-12-9-15(10-13(2)16(12)18)19-14-3-6-20-17(11-14)4-7-21-8-5-17/h9-10,14,19H,3-8,11H2,1-2H3. The van der Waals surface area contributed by atoms with E-state index in [1.165, 1.54) is 45.6 Å². The van der Waals surface area contributed by atoms with Gasteiger partial charge in [0.25, 0.3) is 0 Å². The molecule has 1 atom stereocenters. The lowest BCUT2D eigenvalue weighted by molar-refractivity contribution is -0.0865. The molecule has 0 amide bonds. The molecule has 1 aromatic carbocycles. The van der Waals surface area contributed by atoms with Crippen LogP contribution < -0.4 is 5.32 Å². The Morgan fingerprint density at radius 1 is 1.24 bits per heavy atom. The minimum absolute atomic E-state index is 0.153. The van der Waals surface area contributed by atoms with E-state index in [0.717, 1.165) is 19.4 Å². The zero-order valence-electron chi connectivity index (χ0n) is 12.9. The number of anilines is 1. The summed E-state index contributed by atoms with van der Waals surface area (Å²) < 4.78 is 7.40. The summed E-state index contributed by atoms with van der Waals surface area (Å²) >= 11 is 5.71. The number of nitrogens with one attached hydrogen (secondary N) is 1. The molecule has 2 nitrogen and oxygen atoms in total. The molecule has 1 spiro atoms. The second-order valence-electron chi connectivity index (χ2n) is 6.40. The van der Waals surface area contributed by atoms with Crippen LogP contribution in [0, 0.1) is 13.8 Å². The van der Waals surface area contributed by atoms with E-state index in [9.17, 15) is 0 Å². The van der Waals surface area contributed by atoms with E-state index in [1.54, 1.807) is 0 Å². The fourth-order valence-electron chi connectivity index (χ4n) is 3.51. The highest BCUT2D eigenvalue weighted by atomic mass is 79.9.